The Morgan fingerprint density at radius 3 is 2.58 bits per heavy atom. The van der Waals surface area contributed by atoms with E-state index in [0.29, 0.717) is 22.7 Å². The average Bonchev–Trinajstić information content (AvgIpc) is 3.67. The van der Waals surface area contributed by atoms with Crippen LogP contribution in [0.3, 0.4) is 0 Å². The summed E-state index contributed by atoms with van der Waals surface area (Å²) in [5.74, 6) is 0.538. The fourth-order valence-corrected chi connectivity index (χ4v) is 5.98. The first kappa shape index (κ1) is 22.5. The zero-order chi connectivity index (χ0) is 25.8. The number of piperidine rings is 1. The number of hydrogen-bond acceptors (Lipinski definition) is 7. The van der Waals surface area contributed by atoms with Crippen molar-refractivity contribution in [1.82, 2.24) is 39.7 Å². The molecule has 0 unspecified atom stereocenters. The maximum atomic E-state index is 14.2. The maximum absolute atomic E-state index is 14.2. The molecule has 38 heavy (non-hydrogen) atoms. The summed E-state index contributed by atoms with van der Waals surface area (Å²) in [6.45, 7) is 0. The molecule has 6 heterocycles. The first-order valence-electron chi connectivity index (χ1n) is 12.6. The molecule has 5 aromatic rings. The molecule has 0 saturated carbocycles. The van der Waals surface area contributed by atoms with E-state index in [2.05, 4.69) is 25.3 Å². The van der Waals surface area contributed by atoms with E-state index in [4.69, 9.17) is 10.7 Å². The molecule has 2 aliphatic heterocycles. The Kier molecular flexibility index (Phi) is 5.17. The van der Waals surface area contributed by atoms with Gasteiger partial charge in [0.25, 0.3) is 5.91 Å². The highest BCUT2D eigenvalue weighted by Gasteiger charge is 2.45. The second-order valence-corrected chi connectivity index (χ2v) is 9.91. The van der Waals surface area contributed by atoms with Gasteiger partial charge in [0, 0.05) is 52.6 Å². The number of benzene rings is 1. The number of anilines is 1. The molecule has 190 valence electrons. The van der Waals surface area contributed by atoms with Gasteiger partial charge in [-0.15, -0.1) is 10.2 Å². The van der Waals surface area contributed by atoms with Crippen LogP contribution in [0.5, 0.6) is 0 Å². The number of hydrogen-bond donors (Lipinski definition) is 2. The molecule has 1 aromatic carbocycles. The van der Waals surface area contributed by atoms with Crippen molar-refractivity contribution in [2.24, 2.45) is 0 Å². The number of amides is 1. The predicted molar refractivity (Wildman–Crippen MR) is 137 cm³/mol. The van der Waals surface area contributed by atoms with Gasteiger partial charge in [0.2, 0.25) is 5.82 Å². The highest BCUT2D eigenvalue weighted by Crippen LogP contribution is 2.43. The summed E-state index contributed by atoms with van der Waals surface area (Å²) in [4.78, 5) is 27.3. The van der Waals surface area contributed by atoms with E-state index < -0.39 is 0 Å². The second kappa shape index (κ2) is 8.72. The average molecular weight is 510 g/mol. The quantitative estimate of drug-likeness (QED) is 0.376. The van der Waals surface area contributed by atoms with E-state index in [1.807, 2.05) is 17.0 Å². The Labute approximate surface area is 216 Å². The van der Waals surface area contributed by atoms with Gasteiger partial charge >= 0.3 is 0 Å². The number of aromatic amines is 1. The minimum atomic E-state index is -0.314. The van der Waals surface area contributed by atoms with Gasteiger partial charge in [0.05, 0.1) is 11.9 Å². The van der Waals surface area contributed by atoms with Crippen molar-refractivity contribution in [3.05, 3.63) is 78.5 Å². The molecule has 11 heteroatoms. The second-order valence-electron chi connectivity index (χ2n) is 9.91. The molecule has 2 saturated heterocycles. The van der Waals surface area contributed by atoms with Gasteiger partial charge in [0.1, 0.15) is 18.0 Å². The SMILES string of the molecule is Nc1cc([C@@H]2C[C@H]3CC[C@@H](C2)N3C(=O)c2nnc[nH]2)nc2c(-c3ccc(-c4ccccc4F)nc3)cnn12. The van der Waals surface area contributed by atoms with Crippen molar-refractivity contribution < 1.29 is 9.18 Å². The number of halogens is 1. The summed E-state index contributed by atoms with van der Waals surface area (Å²) >= 11 is 0. The minimum Gasteiger partial charge on any atom is -0.384 e. The van der Waals surface area contributed by atoms with E-state index in [1.54, 1.807) is 41.2 Å². The van der Waals surface area contributed by atoms with Crippen LogP contribution < -0.4 is 5.73 Å². The number of nitrogen functional groups attached to an aromatic ring is 1. The molecule has 4 aromatic heterocycles. The molecule has 7 rings (SSSR count). The van der Waals surface area contributed by atoms with E-state index in [9.17, 15) is 9.18 Å². The number of nitrogens with zero attached hydrogens (tertiary/aromatic N) is 7. The largest absolute Gasteiger partial charge is 0.384 e. The third-order valence-electron chi connectivity index (χ3n) is 7.75. The summed E-state index contributed by atoms with van der Waals surface area (Å²) in [6, 6.07) is 12.4. The first-order valence-corrected chi connectivity index (χ1v) is 12.6. The lowest BCUT2D eigenvalue weighted by Crippen LogP contribution is -2.46. The number of H-pyrrole nitrogens is 1. The van der Waals surface area contributed by atoms with Gasteiger partial charge in [-0.3, -0.25) is 9.78 Å². The standard InChI is InChI=1S/C27H24FN9O/c28-21-4-2-1-3-19(21)22-8-5-15(12-30-22)20-13-33-37-24(29)11-23(34-26(20)37)16-9-17-6-7-18(10-16)36(17)27(38)25-31-14-32-35-25/h1-5,8,11-14,16-18H,6-7,9-10,29H2,(H,31,32,35)/t16-,17-,18+. The summed E-state index contributed by atoms with van der Waals surface area (Å²) in [6.07, 6.45) is 8.38. The lowest BCUT2D eigenvalue weighted by atomic mass is 9.87. The highest BCUT2D eigenvalue weighted by molar-refractivity contribution is 5.91. The Balaban J connectivity index is 1.19. The normalized spacial score (nSPS) is 20.8. The van der Waals surface area contributed by atoms with Crippen LogP contribution in [0.15, 0.2) is 61.2 Å². The summed E-state index contributed by atoms with van der Waals surface area (Å²) in [5, 5.41) is 12.1. The fourth-order valence-electron chi connectivity index (χ4n) is 5.98. The number of aromatic nitrogens is 7. The van der Waals surface area contributed by atoms with Gasteiger partial charge in [-0.25, -0.2) is 9.37 Å². The number of carbonyl (C=O) groups excluding carboxylic acids is 1. The van der Waals surface area contributed by atoms with Crippen molar-refractivity contribution in [3.63, 3.8) is 0 Å². The van der Waals surface area contributed by atoms with Crippen LogP contribution in [0.2, 0.25) is 0 Å². The zero-order valence-electron chi connectivity index (χ0n) is 20.3. The van der Waals surface area contributed by atoms with Crippen LogP contribution >= 0.6 is 0 Å². The van der Waals surface area contributed by atoms with Gasteiger partial charge < -0.3 is 15.6 Å². The molecule has 2 aliphatic rings. The van der Waals surface area contributed by atoms with Crippen molar-refractivity contribution >= 4 is 17.4 Å². The Morgan fingerprint density at radius 1 is 1.05 bits per heavy atom. The molecule has 0 spiro atoms. The molecular weight excluding hydrogens is 485 g/mol. The van der Waals surface area contributed by atoms with Crippen LogP contribution in [0.25, 0.3) is 28.0 Å². The number of pyridine rings is 1. The van der Waals surface area contributed by atoms with Gasteiger partial charge in [-0.1, -0.05) is 18.2 Å². The Bertz CT molecular complexity index is 1630. The van der Waals surface area contributed by atoms with Crippen LogP contribution in [-0.4, -0.2) is 57.7 Å². The van der Waals surface area contributed by atoms with E-state index in [-0.39, 0.29) is 35.6 Å². The molecule has 3 atom stereocenters. The van der Waals surface area contributed by atoms with Gasteiger partial charge in [0.15, 0.2) is 5.65 Å². The Morgan fingerprint density at radius 2 is 1.87 bits per heavy atom. The fraction of sp³-hybridized carbons (Fsp3) is 0.259. The van der Waals surface area contributed by atoms with Crippen LogP contribution in [0, 0.1) is 5.82 Å². The molecule has 0 radical (unpaired) electrons. The number of carbonyl (C=O) groups is 1. The zero-order valence-corrected chi connectivity index (χ0v) is 20.3. The van der Waals surface area contributed by atoms with E-state index >= 15 is 0 Å². The molecule has 3 N–H and O–H groups in total. The number of rotatable bonds is 4. The van der Waals surface area contributed by atoms with Crippen molar-refractivity contribution in [2.75, 3.05) is 5.73 Å². The third kappa shape index (κ3) is 3.61. The molecular formula is C27H24FN9O. The predicted octanol–water partition coefficient (Wildman–Crippen LogP) is 3.85. The lowest BCUT2D eigenvalue weighted by Gasteiger charge is -2.38. The molecule has 0 aliphatic carbocycles. The van der Waals surface area contributed by atoms with Crippen LogP contribution in [-0.2, 0) is 0 Å². The van der Waals surface area contributed by atoms with E-state index in [0.717, 1.165) is 42.5 Å². The molecule has 1 amide bonds. The molecule has 2 fully saturated rings. The highest BCUT2D eigenvalue weighted by atomic mass is 19.1. The third-order valence-corrected chi connectivity index (χ3v) is 7.75. The summed E-state index contributed by atoms with van der Waals surface area (Å²) < 4.78 is 15.8. The van der Waals surface area contributed by atoms with Crippen molar-refractivity contribution in [3.8, 4) is 22.4 Å². The lowest BCUT2D eigenvalue weighted by molar-refractivity contribution is 0.0557. The smallest absolute Gasteiger partial charge is 0.292 e. The number of nitrogens with two attached hydrogens (primary N) is 1. The van der Waals surface area contributed by atoms with Crippen molar-refractivity contribution in [1.29, 1.82) is 0 Å². The molecule has 10 nitrogen and oxygen atoms in total. The van der Waals surface area contributed by atoms with Crippen LogP contribution in [0.1, 0.15) is 47.9 Å². The van der Waals surface area contributed by atoms with E-state index in [1.165, 1.54) is 12.4 Å². The summed E-state index contributed by atoms with van der Waals surface area (Å²) in [5.41, 5.74) is 10.6. The maximum Gasteiger partial charge on any atom is 0.292 e. The van der Waals surface area contributed by atoms with Crippen LogP contribution in [0.4, 0.5) is 10.2 Å². The number of nitrogens with one attached hydrogen (secondary N) is 1. The van der Waals surface area contributed by atoms with Gasteiger partial charge in [-0.05, 0) is 43.9 Å². The summed E-state index contributed by atoms with van der Waals surface area (Å²) in [7, 11) is 0. The van der Waals surface area contributed by atoms with Gasteiger partial charge in [-0.2, -0.15) is 9.61 Å². The number of fused-ring (bicyclic) bond motifs is 3. The topological polar surface area (TPSA) is 131 Å². The minimum absolute atomic E-state index is 0.0965. The Hall–Kier alpha value is -4.67. The first-order chi connectivity index (χ1) is 18.6. The van der Waals surface area contributed by atoms with Crippen molar-refractivity contribution in [2.45, 2.75) is 43.7 Å². The molecule has 2 bridgehead atoms. The monoisotopic (exact) mass is 509 g/mol.